The molecule has 0 radical (unpaired) electrons. The molecule has 0 unspecified atom stereocenters. The van der Waals surface area contributed by atoms with E-state index in [0.29, 0.717) is 11.5 Å². The molecule has 0 saturated heterocycles. The SMILES string of the molecule is C[C@]12CCCC[C@@H]1[C@H]2C(=O)N/N=C\c1ccc(O)c([N+](=O)[O-])c1. The summed E-state index contributed by atoms with van der Waals surface area (Å²) in [6.07, 6.45) is 5.90. The Balaban J connectivity index is 1.62. The van der Waals surface area contributed by atoms with E-state index in [1.165, 1.54) is 37.3 Å². The van der Waals surface area contributed by atoms with Crippen LogP contribution in [0.1, 0.15) is 38.2 Å². The van der Waals surface area contributed by atoms with Crippen LogP contribution < -0.4 is 5.43 Å². The molecule has 1 aromatic carbocycles. The molecular weight excluding hydrogens is 298 g/mol. The van der Waals surface area contributed by atoms with E-state index in [4.69, 9.17) is 0 Å². The molecule has 0 aromatic heterocycles. The monoisotopic (exact) mass is 317 g/mol. The topological polar surface area (TPSA) is 105 Å². The van der Waals surface area contributed by atoms with Crippen LogP contribution in [0.5, 0.6) is 5.75 Å². The van der Waals surface area contributed by atoms with Gasteiger partial charge in [-0.05, 0) is 36.3 Å². The second kappa shape index (κ2) is 5.64. The normalized spacial score (nSPS) is 29.1. The van der Waals surface area contributed by atoms with Crippen LogP contribution in [0.3, 0.4) is 0 Å². The van der Waals surface area contributed by atoms with Crippen molar-refractivity contribution in [3.63, 3.8) is 0 Å². The first-order chi connectivity index (χ1) is 10.9. The molecule has 23 heavy (non-hydrogen) atoms. The zero-order chi connectivity index (χ0) is 16.6. The largest absolute Gasteiger partial charge is 0.502 e. The lowest BCUT2D eigenvalue weighted by Gasteiger charge is -2.15. The lowest BCUT2D eigenvalue weighted by Crippen LogP contribution is -2.22. The van der Waals surface area contributed by atoms with Crippen molar-refractivity contribution in [2.24, 2.45) is 22.4 Å². The number of nitrogens with one attached hydrogen (secondary N) is 1. The van der Waals surface area contributed by atoms with Gasteiger partial charge in [-0.2, -0.15) is 5.10 Å². The Kier molecular flexibility index (Phi) is 3.79. The Morgan fingerprint density at radius 2 is 2.30 bits per heavy atom. The lowest BCUT2D eigenvalue weighted by atomic mass is 9.90. The van der Waals surface area contributed by atoms with Gasteiger partial charge in [0.25, 0.3) is 0 Å². The average molecular weight is 317 g/mol. The van der Waals surface area contributed by atoms with Gasteiger partial charge in [-0.25, -0.2) is 5.43 Å². The highest BCUT2D eigenvalue weighted by Gasteiger charge is 2.64. The molecule has 0 spiro atoms. The van der Waals surface area contributed by atoms with Crippen LogP contribution in [0.4, 0.5) is 5.69 Å². The quantitative estimate of drug-likeness (QED) is 0.506. The number of carbonyl (C=O) groups excluding carboxylic acids is 1. The lowest BCUT2D eigenvalue weighted by molar-refractivity contribution is -0.385. The molecule has 1 amide bonds. The van der Waals surface area contributed by atoms with Crippen molar-refractivity contribution in [2.75, 3.05) is 0 Å². The first-order valence-corrected chi connectivity index (χ1v) is 7.74. The van der Waals surface area contributed by atoms with Gasteiger partial charge in [0.2, 0.25) is 5.91 Å². The number of carbonyl (C=O) groups is 1. The van der Waals surface area contributed by atoms with Gasteiger partial charge < -0.3 is 5.11 Å². The molecule has 3 atom stereocenters. The molecule has 3 rings (SSSR count). The summed E-state index contributed by atoms with van der Waals surface area (Å²) in [5.41, 5.74) is 2.71. The van der Waals surface area contributed by atoms with Crippen molar-refractivity contribution < 1.29 is 14.8 Å². The van der Waals surface area contributed by atoms with Crippen LogP contribution in [-0.4, -0.2) is 22.2 Å². The predicted molar refractivity (Wildman–Crippen MR) is 84.1 cm³/mol. The van der Waals surface area contributed by atoms with Crippen molar-refractivity contribution in [2.45, 2.75) is 32.6 Å². The van der Waals surface area contributed by atoms with Crippen molar-refractivity contribution in [3.05, 3.63) is 33.9 Å². The summed E-state index contributed by atoms with van der Waals surface area (Å²) in [5, 5.41) is 24.0. The van der Waals surface area contributed by atoms with Gasteiger partial charge in [-0.15, -0.1) is 0 Å². The third kappa shape index (κ3) is 2.78. The molecule has 0 bridgehead atoms. The summed E-state index contributed by atoms with van der Waals surface area (Å²) in [5.74, 6) is 0.00704. The second-order valence-corrected chi connectivity index (χ2v) is 6.58. The summed E-state index contributed by atoms with van der Waals surface area (Å²) in [4.78, 5) is 22.3. The summed E-state index contributed by atoms with van der Waals surface area (Å²) in [6.45, 7) is 2.16. The number of fused-ring (bicyclic) bond motifs is 1. The number of hydrogen-bond acceptors (Lipinski definition) is 5. The number of rotatable bonds is 4. The highest BCUT2D eigenvalue weighted by atomic mass is 16.6. The molecule has 0 aliphatic heterocycles. The number of hydrazone groups is 1. The van der Waals surface area contributed by atoms with Gasteiger partial charge >= 0.3 is 5.69 Å². The number of benzene rings is 1. The molecule has 2 saturated carbocycles. The first-order valence-electron chi connectivity index (χ1n) is 7.74. The van der Waals surface area contributed by atoms with Gasteiger partial charge in [0.1, 0.15) is 0 Å². The van der Waals surface area contributed by atoms with E-state index < -0.39 is 10.7 Å². The van der Waals surface area contributed by atoms with Crippen LogP contribution in [-0.2, 0) is 4.79 Å². The standard InChI is InChI=1S/C16H19N3O4/c1-16-7-3-2-4-11(16)14(16)15(21)18-17-9-10-5-6-13(20)12(8-10)19(22)23/h5-6,8-9,11,14,20H,2-4,7H2,1H3,(H,18,21)/b17-9-/t11-,14+,16+/m1/s1. The van der Waals surface area contributed by atoms with Gasteiger partial charge in [0.15, 0.2) is 5.75 Å². The smallest absolute Gasteiger partial charge is 0.311 e. The van der Waals surface area contributed by atoms with Crippen molar-refractivity contribution in [1.29, 1.82) is 0 Å². The molecule has 0 heterocycles. The van der Waals surface area contributed by atoms with E-state index in [2.05, 4.69) is 17.5 Å². The predicted octanol–water partition coefficient (Wildman–Crippen LogP) is 2.58. The fourth-order valence-electron chi connectivity index (χ4n) is 3.86. The van der Waals surface area contributed by atoms with Crippen molar-refractivity contribution in [1.82, 2.24) is 5.43 Å². The Labute approximate surface area is 133 Å². The minimum Gasteiger partial charge on any atom is -0.502 e. The molecule has 2 aliphatic carbocycles. The zero-order valence-electron chi connectivity index (χ0n) is 12.9. The Morgan fingerprint density at radius 3 is 2.96 bits per heavy atom. The molecule has 122 valence electrons. The fourth-order valence-corrected chi connectivity index (χ4v) is 3.86. The maximum absolute atomic E-state index is 12.2. The summed E-state index contributed by atoms with van der Waals surface area (Å²) >= 11 is 0. The molecule has 2 aliphatic rings. The Hall–Kier alpha value is -2.44. The highest BCUT2D eigenvalue weighted by molar-refractivity contribution is 5.86. The number of nitro groups is 1. The third-order valence-electron chi connectivity index (χ3n) is 5.20. The minimum absolute atomic E-state index is 0.0244. The third-order valence-corrected chi connectivity index (χ3v) is 5.20. The van der Waals surface area contributed by atoms with Crippen LogP contribution >= 0.6 is 0 Å². The van der Waals surface area contributed by atoms with Crippen LogP contribution in [0.15, 0.2) is 23.3 Å². The molecule has 7 nitrogen and oxygen atoms in total. The number of phenolic OH excluding ortho intramolecular Hbond substituents is 1. The highest BCUT2D eigenvalue weighted by Crippen LogP contribution is 2.66. The molecular formula is C16H19N3O4. The number of phenols is 1. The maximum Gasteiger partial charge on any atom is 0.311 e. The second-order valence-electron chi connectivity index (χ2n) is 6.58. The minimum atomic E-state index is -0.666. The van der Waals surface area contributed by atoms with Crippen LogP contribution in [0.2, 0.25) is 0 Å². The molecule has 7 heteroatoms. The molecule has 1 aromatic rings. The fraction of sp³-hybridized carbons (Fsp3) is 0.500. The summed E-state index contributed by atoms with van der Waals surface area (Å²) in [6, 6.07) is 3.94. The van der Waals surface area contributed by atoms with E-state index in [1.54, 1.807) is 0 Å². The number of aromatic hydroxyl groups is 1. The Morgan fingerprint density at radius 1 is 1.52 bits per heavy atom. The van der Waals surface area contributed by atoms with E-state index >= 15 is 0 Å². The summed E-state index contributed by atoms with van der Waals surface area (Å²) < 4.78 is 0. The van der Waals surface area contributed by atoms with Crippen molar-refractivity contribution >= 4 is 17.8 Å². The maximum atomic E-state index is 12.2. The number of nitro benzene ring substituents is 1. The van der Waals surface area contributed by atoms with Gasteiger partial charge in [-0.3, -0.25) is 14.9 Å². The number of nitrogens with zero attached hydrogens (tertiary/aromatic N) is 2. The molecule has 2 fully saturated rings. The van der Waals surface area contributed by atoms with Crippen molar-refractivity contribution in [3.8, 4) is 5.75 Å². The van der Waals surface area contributed by atoms with Gasteiger partial charge in [0, 0.05) is 17.5 Å². The summed E-state index contributed by atoms with van der Waals surface area (Å²) in [7, 11) is 0. The van der Waals surface area contributed by atoms with Gasteiger partial charge in [0.05, 0.1) is 11.1 Å². The van der Waals surface area contributed by atoms with E-state index in [1.807, 2.05) is 0 Å². The number of hydrogen-bond donors (Lipinski definition) is 2. The average Bonchev–Trinajstić information content (AvgIpc) is 3.14. The van der Waals surface area contributed by atoms with E-state index in [9.17, 15) is 20.0 Å². The van der Waals surface area contributed by atoms with Crippen LogP contribution in [0, 0.1) is 27.4 Å². The number of amides is 1. The zero-order valence-corrected chi connectivity index (χ0v) is 12.9. The van der Waals surface area contributed by atoms with E-state index in [0.717, 1.165) is 12.8 Å². The van der Waals surface area contributed by atoms with Crippen LogP contribution in [0.25, 0.3) is 0 Å². The van der Waals surface area contributed by atoms with Gasteiger partial charge in [-0.1, -0.05) is 19.8 Å². The van der Waals surface area contributed by atoms with E-state index in [-0.39, 0.29) is 22.9 Å². The Bertz CT molecular complexity index is 688. The molecule has 2 N–H and O–H groups in total. The first kappa shape index (κ1) is 15.5.